The molecule has 0 aliphatic carbocycles. The molecule has 2 aromatic rings. The molecule has 98 valence electrons. The fraction of sp³-hybridized carbons (Fsp3) is 0.143. The van der Waals surface area contributed by atoms with Crippen molar-refractivity contribution in [2.75, 3.05) is 5.73 Å². The Hall–Kier alpha value is -2.07. The van der Waals surface area contributed by atoms with Crippen LogP contribution in [0.3, 0.4) is 0 Å². The molecule has 1 heterocycles. The molecule has 0 unspecified atom stereocenters. The number of nitrogens with two attached hydrogens (primary N) is 1. The highest BCUT2D eigenvalue weighted by atomic mass is 35.5. The zero-order valence-corrected chi connectivity index (χ0v) is 11.1. The highest BCUT2D eigenvalue weighted by Crippen LogP contribution is 2.19. The molecule has 2 rings (SSSR count). The second kappa shape index (κ2) is 5.71. The Bertz CT molecular complexity index is 614. The first-order valence-electron chi connectivity index (χ1n) is 5.70. The van der Waals surface area contributed by atoms with Gasteiger partial charge in [-0.05, 0) is 36.8 Å². The Labute approximate surface area is 116 Å². The molecule has 0 radical (unpaired) electrons. The number of halogens is 1. The fourth-order valence-electron chi connectivity index (χ4n) is 1.60. The first kappa shape index (κ1) is 13.4. The van der Waals surface area contributed by atoms with Crippen LogP contribution in [0.15, 0.2) is 36.5 Å². The fourth-order valence-corrected chi connectivity index (χ4v) is 1.78. The van der Waals surface area contributed by atoms with Crippen molar-refractivity contribution >= 4 is 23.3 Å². The van der Waals surface area contributed by atoms with Crippen LogP contribution in [0.5, 0.6) is 0 Å². The summed E-state index contributed by atoms with van der Waals surface area (Å²) < 4.78 is 5.19. The van der Waals surface area contributed by atoms with E-state index >= 15 is 0 Å². The van der Waals surface area contributed by atoms with Crippen molar-refractivity contribution in [2.24, 2.45) is 0 Å². The molecule has 19 heavy (non-hydrogen) atoms. The number of hydrogen-bond donors (Lipinski definition) is 1. The summed E-state index contributed by atoms with van der Waals surface area (Å²) in [7, 11) is 0. The van der Waals surface area contributed by atoms with E-state index in [-0.39, 0.29) is 6.61 Å². The Morgan fingerprint density at radius 3 is 2.89 bits per heavy atom. The maximum absolute atomic E-state index is 11.9. The van der Waals surface area contributed by atoms with E-state index in [4.69, 9.17) is 22.1 Å². The topological polar surface area (TPSA) is 65.2 Å². The number of esters is 1. The van der Waals surface area contributed by atoms with Gasteiger partial charge >= 0.3 is 5.97 Å². The van der Waals surface area contributed by atoms with Crippen molar-refractivity contribution in [2.45, 2.75) is 13.5 Å². The van der Waals surface area contributed by atoms with E-state index in [9.17, 15) is 4.79 Å². The molecule has 0 atom stereocenters. The molecular formula is C14H13ClN2O2. The van der Waals surface area contributed by atoms with Gasteiger partial charge in [-0.3, -0.25) is 4.98 Å². The highest BCUT2D eigenvalue weighted by Gasteiger charge is 2.12. The summed E-state index contributed by atoms with van der Waals surface area (Å²) in [6.45, 7) is 2.03. The van der Waals surface area contributed by atoms with Gasteiger partial charge in [-0.25, -0.2) is 4.79 Å². The van der Waals surface area contributed by atoms with Crippen molar-refractivity contribution in [1.82, 2.24) is 4.98 Å². The van der Waals surface area contributed by atoms with Gasteiger partial charge in [0, 0.05) is 16.9 Å². The molecule has 1 aromatic carbocycles. The maximum atomic E-state index is 11.9. The molecule has 5 heteroatoms. The second-order valence-corrected chi connectivity index (χ2v) is 4.51. The molecule has 0 spiro atoms. The van der Waals surface area contributed by atoms with E-state index in [0.29, 0.717) is 16.3 Å². The van der Waals surface area contributed by atoms with E-state index in [1.54, 1.807) is 18.3 Å². The van der Waals surface area contributed by atoms with E-state index in [1.165, 1.54) is 6.07 Å². The summed E-state index contributed by atoms with van der Waals surface area (Å²) in [5.41, 5.74) is 8.02. The molecule has 1 aromatic heterocycles. The lowest BCUT2D eigenvalue weighted by atomic mass is 10.2. The number of carbonyl (C=O) groups excluding carboxylic acids is 1. The van der Waals surface area contributed by atoms with Gasteiger partial charge < -0.3 is 10.5 Å². The first-order chi connectivity index (χ1) is 9.08. The second-order valence-electron chi connectivity index (χ2n) is 4.07. The highest BCUT2D eigenvalue weighted by molar-refractivity contribution is 6.31. The molecule has 0 amide bonds. The molecular weight excluding hydrogens is 264 g/mol. The van der Waals surface area contributed by atoms with Gasteiger partial charge in [-0.15, -0.1) is 0 Å². The predicted molar refractivity (Wildman–Crippen MR) is 74.0 cm³/mol. The van der Waals surface area contributed by atoms with Crippen LogP contribution in [0.1, 0.15) is 21.6 Å². The zero-order chi connectivity index (χ0) is 13.8. The molecule has 0 fully saturated rings. The van der Waals surface area contributed by atoms with Crippen LogP contribution in [0.2, 0.25) is 5.02 Å². The number of nitrogen functional groups attached to an aromatic ring is 1. The molecule has 0 saturated carbocycles. The lowest BCUT2D eigenvalue weighted by Crippen LogP contribution is -2.09. The summed E-state index contributed by atoms with van der Waals surface area (Å²) in [4.78, 5) is 16.0. The lowest BCUT2D eigenvalue weighted by Gasteiger charge is -2.08. The van der Waals surface area contributed by atoms with Crippen molar-refractivity contribution in [3.63, 3.8) is 0 Å². The number of benzene rings is 1. The molecule has 0 saturated heterocycles. The third-order valence-electron chi connectivity index (χ3n) is 2.69. The summed E-state index contributed by atoms with van der Waals surface area (Å²) in [6.07, 6.45) is 1.66. The van der Waals surface area contributed by atoms with E-state index in [0.717, 1.165) is 11.3 Å². The van der Waals surface area contributed by atoms with E-state index < -0.39 is 5.97 Å². The van der Waals surface area contributed by atoms with Crippen LogP contribution in [-0.4, -0.2) is 11.0 Å². The van der Waals surface area contributed by atoms with Crippen LogP contribution in [-0.2, 0) is 11.3 Å². The van der Waals surface area contributed by atoms with Gasteiger partial charge in [0.05, 0.1) is 11.3 Å². The van der Waals surface area contributed by atoms with Gasteiger partial charge in [0.25, 0.3) is 0 Å². The minimum absolute atomic E-state index is 0.119. The Balaban J connectivity index is 2.08. The third-order valence-corrected chi connectivity index (χ3v) is 2.93. The normalized spacial score (nSPS) is 10.2. The molecule has 2 N–H and O–H groups in total. The number of pyridine rings is 1. The van der Waals surface area contributed by atoms with Crippen molar-refractivity contribution in [3.8, 4) is 0 Å². The Kier molecular flexibility index (Phi) is 4.02. The monoisotopic (exact) mass is 276 g/mol. The standard InChI is InChI=1S/C14H13ClN2O2/c1-9-3-2-6-17-13(9)8-19-14(18)11-5-4-10(15)7-12(11)16/h2-7H,8,16H2,1H3. The molecule has 0 aliphatic heterocycles. The van der Waals surface area contributed by atoms with Gasteiger partial charge in [-0.2, -0.15) is 0 Å². The minimum atomic E-state index is -0.487. The first-order valence-corrected chi connectivity index (χ1v) is 6.08. The predicted octanol–water partition coefficient (Wildman–Crippen LogP) is 2.98. The van der Waals surface area contributed by atoms with Gasteiger partial charge in [-0.1, -0.05) is 17.7 Å². The van der Waals surface area contributed by atoms with E-state index in [2.05, 4.69) is 4.98 Å². The van der Waals surface area contributed by atoms with Crippen LogP contribution in [0.25, 0.3) is 0 Å². The average molecular weight is 277 g/mol. The van der Waals surface area contributed by atoms with Gasteiger partial charge in [0.2, 0.25) is 0 Å². The summed E-state index contributed by atoms with van der Waals surface area (Å²) in [5.74, 6) is -0.487. The SMILES string of the molecule is Cc1cccnc1COC(=O)c1ccc(Cl)cc1N. The van der Waals surface area contributed by atoms with Crippen LogP contribution in [0.4, 0.5) is 5.69 Å². The summed E-state index contributed by atoms with van der Waals surface area (Å²) >= 11 is 5.77. The average Bonchev–Trinajstić information content (AvgIpc) is 2.37. The van der Waals surface area contributed by atoms with Gasteiger partial charge in [0.15, 0.2) is 0 Å². The number of aromatic nitrogens is 1. The number of aryl methyl sites for hydroxylation is 1. The van der Waals surface area contributed by atoms with Crippen LogP contribution in [0, 0.1) is 6.92 Å². The van der Waals surface area contributed by atoms with Crippen molar-refractivity contribution in [3.05, 3.63) is 58.4 Å². The number of nitrogens with zero attached hydrogens (tertiary/aromatic N) is 1. The Morgan fingerprint density at radius 2 is 2.21 bits per heavy atom. The van der Waals surface area contributed by atoms with Gasteiger partial charge in [0.1, 0.15) is 6.61 Å². The summed E-state index contributed by atoms with van der Waals surface area (Å²) in [5, 5.41) is 0.481. The molecule has 4 nitrogen and oxygen atoms in total. The maximum Gasteiger partial charge on any atom is 0.340 e. The number of ether oxygens (including phenoxy) is 1. The smallest absolute Gasteiger partial charge is 0.340 e. The minimum Gasteiger partial charge on any atom is -0.456 e. The van der Waals surface area contributed by atoms with Crippen molar-refractivity contribution < 1.29 is 9.53 Å². The van der Waals surface area contributed by atoms with E-state index in [1.807, 2.05) is 19.1 Å². The Morgan fingerprint density at radius 1 is 1.42 bits per heavy atom. The number of anilines is 1. The lowest BCUT2D eigenvalue weighted by molar-refractivity contribution is 0.0468. The third kappa shape index (κ3) is 3.23. The largest absolute Gasteiger partial charge is 0.456 e. The number of carbonyl (C=O) groups is 1. The zero-order valence-electron chi connectivity index (χ0n) is 10.4. The summed E-state index contributed by atoms with van der Waals surface area (Å²) in [6, 6.07) is 8.40. The van der Waals surface area contributed by atoms with Crippen LogP contribution < -0.4 is 5.73 Å². The number of rotatable bonds is 3. The quantitative estimate of drug-likeness (QED) is 0.691. The molecule has 0 aliphatic rings. The molecule has 0 bridgehead atoms. The van der Waals surface area contributed by atoms with Crippen molar-refractivity contribution in [1.29, 1.82) is 0 Å². The van der Waals surface area contributed by atoms with Crippen LogP contribution >= 0.6 is 11.6 Å². The number of hydrogen-bond acceptors (Lipinski definition) is 4.